The van der Waals surface area contributed by atoms with Crippen LogP contribution in [0.1, 0.15) is 13.8 Å². The van der Waals surface area contributed by atoms with Gasteiger partial charge in [-0.1, -0.05) is 12.1 Å². The second-order valence-electron chi connectivity index (χ2n) is 5.20. The van der Waals surface area contributed by atoms with Crippen LogP contribution in [0.2, 0.25) is 0 Å². The average molecular weight is 259 g/mol. The Morgan fingerprint density at radius 3 is 3.05 bits per heavy atom. The van der Waals surface area contributed by atoms with Gasteiger partial charge >= 0.3 is 0 Å². The van der Waals surface area contributed by atoms with E-state index in [2.05, 4.69) is 16.7 Å². The summed E-state index contributed by atoms with van der Waals surface area (Å²) in [6.07, 6.45) is -0.565. The topological polar surface area (TPSA) is 74.2 Å². The molecule has 19 heavy (non-hydrogen) atoms. The molecular formula is C14H17N3O2. The second-order valence-corrected chi connectivity index (χ2v) is 5.20. The Labute approximate surface area is 112 Å². The third-order valence-electron chi connectivity index (χ3n) is 2.93. The number of carbonyl (C=O) groups excluding carboxylic acids is 1. The van der Waals surface area contributed by atoms with Crippen molar-refractivity contribution in [1.82, 2.24) is 5.32 Å². The van der Waals surface area contributed by atoms with E-state index < -0.39 is 11.5 Å². The molecule has 0 spiro atoms. The van der Waals surface area contributed by atoms with E-state index in [0.29, 0.717) is 18.8 Å². The van der Waals surface area contributed by atoms with Gasteiger partial charge < -0.3 is 15.4 Å². The first-order valence-corrected chi connectivity index (χ1v) is 6.20. The number of fused-ring (bicyclic) bond motifs is 1. The maximum atomic E-state index is 12.0. The standard InChI is InChI=1S/C14H17N3O2/c1-14(2,8-15)9-17-13(18)12-7-16-10-5-3-4-6-11(10)19-12/h3-6,12,16H,7,9H2,1-2H3,(H,17,18). The Morgan fingerprint density at radius 1 is 1.58 bits per heavy atom. The lowest BCUT2D eigenvalue weighted by Crippen LogP contribution is -2.46. The Balaban J connectivity index is 1.94. The van der Waals surface area contributed by atoms with Gasteiger partial charge in [-0.2, -0.15) is 5.26 Å². The van der Waals surface area contributed by atoms with Crippen molar-refractivity contribution in [2.75, 3.05) is 18.4 Å². The summed E-state index contributed by atoms with van der Waals surface area (Å²) in [6, 6.07) is 9.64. The van der Waals surface area contributed by atoms with Gasteiger partial charge in [-0.05, 0) is 26.0 Å². The van der Waals surface area contributed by atoms with E-state index in [9.17, 15) is 4.79 Å². The van der Waals surface area contributed by atoms with Crippen LogP contribution in [0.15, 0.2) is 24.3 Å². The predicted molar refractivity (Wildman–Crippen MR) is 71.8 cm³/mol. The van der Waals surface area contributed by atoms with Crippen molar-refractivity contribution in [1.29, 1.82) is 5.26 Å². The van der Waals surface area contributed by atoms with Crippen molar-refractivity contribution in [2.45, 2.75) is 20.0 Å². The molecule has 2 rings (SSSR count). The molecule has 1 aliphatic heterocycles. The maximum absolute atomic E-state index is 12.0. The Morgan fingerprint density at radius 2 is 2.32 bits per heavy atom. The van der Waals surface area contributed by atoms with Gasteiger partial charge in [0.25, 0.3) is 5.91 Å². The van der Waals surface area contributed by atoms with Crippen LogP contribution in [0.25, 0.3) is 0 Å². The maximum Gasteiger partial charge on any atom is 0.263 e. The molecule has 1 atom stereocenters. The zero-order chi connectivity index (χ0) is 13.9. The summed E-state index contributed by atoms with van der Waals surface area (Å²) in [5.41, 5.74) is 0.319. The van der Waals surface area contributed by atoms with Crippen LogP contribution >= 0.6 is 0 Å². The first kappa shape index (κ1) is 13.2. The molecule has 1 aromatic rings. The minimum Gasteiger partial charge on any atom is -0.477 e. The number of hydrogen-bond donors (Lipinski definition) is 2. The molecule has 1 aliphatic rings. The minimum atomic E-state index is -0.574. The summed E-state index contributed by atoms with van der Waals surface area (Å²) < 4.78 is 5.64. The molecule has 0 fully saturated rings. The average Bonchev–Trinajstić information content (AvgIpc) is 2.44. The molecule has 100 valence electrons. The van der Waals surface area contributed by atoms with Crippen molar-refractivity contribution in [3.05, 3.63) is 24.3 Å². The number of benzene rings is 1. The van der Waals surface area contributed by atoms with E-state index in [1.54, 1.807) is 13.8 Å². The number of carbonyl (C=O) groups is 1. The third kappa shape index (κ3) is 3.16. The highest BCUT2D eigenvalue weighted by atomic mass is 16.5. The fraction of sp³-hybridized carbons (Fsp3) is 0.429. The molecular weight excluding hydrogens is 242 g/mol. The monoisotopic (exact) mass is 259 g/mol. The van der Waals surface area contributed by atoms with Crippen LogP contribution in [-0.4, -0.2) is 25.1 Å². The highest BCUT2D eigenvalue weighted by Crippen LogP contribution is 2.28. The Bertz CT molecular complexity index is 520. The lowest BCUT2D eigenvalue weighted by Gasteiger charge is -2.27. The zero-order valence-corrected chi connectivity index (χ0v) is 11.1. The van der Waals surface area contributed by atoms with Crippen molar-refractivity contribution in [3.8, 4) is 11.8 Å². The molecule has 0 saturated heterocycles. The van der Waals surface area contributed by atoms with Crippen LogP contribution in [0.3, 0.4) is 0 Å². The number of nitrogens with zero attached hydrogens (tertiary/aromatic N) is 1. The van der Waals surface area contributed by atoms with Gasteiger partial charge in [0.15, 0.2) is 6.10 Å². The molecule has 0 radical (unpaired) electrons. The van der Waals surface area contributed by atoms with E-state index >= 15 is 0 Å². The van der Waals surface area contributed by atoms with Gasteiger partial charge in [0.1, 0.15) is 5.75 Å². The van der Waals surface area contributed by atoms with Crippen LogP contribution in [0, 0.1) is 16.7 Å². The Kier molecular flexibility index (Phi) is 3.61. The van der Waals surface area contributed by atoms with E-state index in [-0.39, 0.29) is 5.91 Å². The fourth-order valence-corrected chi connectivity index (χ4v) is 1.72. The lowest BCUT2D eigenvalue weighted by atomic mass is 9.96. The van der Waals surface area contributed by atoms with E-state index in [1.165, 1.54) is 0 Å². The zero-order valence-electron chi connectivity index (χ0n) is 11.1. The summed E-state index contributed by atoms with van der Waals surface area (Å²) >= 11 is 0. The van der Waals surface area contributed by atoms with Crippen molar-refractivity contribution < 1.29 is 9.53 Å². The summed E-state index contributed by atoms with van der Waals surface area (Å²) in [6.45, 7) is 4.30. The number of nitrogens with one attached hydrogen (secondary N) is 2. The summed E-state index contributed by atoms with van der Waals surface area (Å²) in [4.78, 5) is 12.0. The quantitative estimate of drug-likeness (QED) is 0.863. The number of ether oxygens (including phenoxy) is 1. The van der Waals surface area contributed by atoms with Crippen molar-refractivity contribution in [2.24, 2.45) is 5.41 Å². The highest BCUT2D eigenvalue weighted by molar-refractivity contribution is 5.83. The largest absolute Gasteiger partial charge is 0.477 e. The second kappa shape index (κ2) is 5.19. The predicted octanol–water partition coefficient (Wildman–Crippen LogP) is 1.53. The molecule has 0 aliphatic carbocycles. The number of nitriles is 1. The molecule has 1 heterocycles. The Hall–Kier alpha value is -2.22. The molecule has 1 aromatic carbocycles. The SMILES string of the molecule is CC(C)(C#N)CNC(=O)C1CNc2ccccc2O1. The third-order valence-corrected chi connectivity index (χ3v) is 2.93. The number of rotatable bonds is 3. The normalized spacial score (nSPS) is 17.4. The molecule has 5 nitrogen and oxygen atoms in total. The number of amides is 1. The minimum absolute atomic E-state index is 0.203. The van der Waals surface area contributed by atoms with E-state index in [4.69, 9.17) is 10.00 Å². The summed E-state index contributed by atoms with van der Waals surface area (Å²) in [5.74, 6) is 0.471. The van der Waals surface area contributed by atoms with Crippen molar-refractivity contribution in [3.63, 3.8) is 0 Å². The first-order valence-electron chi connectivity index (χ1n) is 6.20. The summed E-state index contributed by atoms with van der Waals surface area (Å²) in [7, 11) is 0. The molecule has 0 bridgehead atoms. The first-order chi connectivity index (χ1) is 9.02. The molecule has 1 unspecified atom stereocenters. The molecule has 5 heteroatoms. The number of hydrogen-bond acceptors (Lipinski definition) is 4. The van der Waals surface area contributed by atoms with Crippen molar-refractivity contribution >= 4 is 11.6 Å². The van der Waals surface area contributed by atoms with Crippen LogP contribution in [0.5, 0.6) is 5.75 Å². The highest BCUT2D eigenvalue weighted by Gasteiger charge is 2.27. The van der Waals surface area contributed by atoms with Gasteiger partial charge in [0.2, 0.25) is 0 Å². The van der Waals surface area contributed by atoms with E-state index in [0.717, 1.165) is 5.69 Å². The molecule has 0 aromatic heterocycles. The van der Waals surface area contributed by atoms with Gasteiger partial charge in [-0.15, -0.1) is 0 Å². The van der Waals surface area contributed by atoms with E-state index in [1.807, 2.05) is 24.3 Å². The lowest BCUT2D eigenvalue weighted by molar-refractivity contribution is -0.127. The smallest absolute Gasteiger partial charge is 0.263 e. The van der Waals surface area contributed by atoms with Crippen LogP contribution in [0.4, 0.5) is 5.69 Å². The van der Waals surface area contributed by atoms with Gasteiger partial charge in [0.05, 0.1) is 23.7 Å². The van der Waals surface area contributed by atoms with Gasteiger partial charge in [-0.3, -0.25) is 4.79 Å². The van der Waals surface area contributed by atoms with Crippen LogP contribution < -0.4 is 15.4 Å². The molecule has 0 saturated carbocycles. The number of anilines is 1. The number of para-hydroxylation sites is 2. The van der Waals surface area contributed by atoms with Gasteiger partial charge in [-0.25, -0.2) is 0 Å². The molecule has 2 N–H and O–H groups in total. The molecule has 1 amide bonds. The van der Waals surface area contributed by atoms with Crippen LogP contribution in [-0.2, 0) is 4.79 Å². The fourth-order valence-electron chi connectivity index (χ4n) is 1.72. The summed E-state index contributed by atoms with van der Waals surface area (Å²) in [5, 5.41) is 14.8. The van der Waals surface area contributed by atoms with Gasteiger partial charge in [0, 0.05) is 6.54 Å².